The number of anilines is 1. The van der Waals surface area contributed by atoms with Crippen LogP contribution in [0.5, 0.6) is 0 Å². The zero-order valence-electron chi connectivity index (χ0n) is 11.7. The Balaban J connectivity index is 2.02. The standard InChI is InChI=1S/C16H23NO/c1-11-8-12(2)13(3)15(9-11)17-16(18)10-14-6-4-5-7-14/h8-9,14H,4-7,10H2,1-3H3,(H,17,18). The van der Waals surface area contributed by atoms with Gasteiger partial charge in [0.2, 0.25) is 5.91 Å². The van der Waals surface area contributed by atoms with Crippen LogP contribution in [0.2, 0.25) is 0 Å². The lowest BCUT2D eigenvalue weighted by Crippen LogP contribution is -2.16. The van der Waals surface area contributed by atoms with Crippen molar-refractivity contribution in [3.05, 3.63) is 28.8 Å². The molecule has 1 aliphatic rings. The Kier molecular flexibility index (Phi) is 4.05. The fourth-order valence-corrected chi connectivity index (χ4v) is 2.85. The number of aryl methyl sites for hydroxylation is 2. The van der Waals surface area contributed by atoms with Gasteiger partial charge in [0.1, 0.15) is 0 Å². The molecule has 0 heterocycles. The van der Waals surface area contributed by atoms with E-state index >= 15 is 0 Å². The summed E-state index contributed by atoms with van der Waals surface area (Å²) in [5.41, 5.74) is 4.61. The molecule has 98 valence electrons. The Labute approximate surface area is 110 Å². The summed E-state index contributed by atoms with van der Waals surface area (Å²) in [5.74, 6) is 0.784. The molecule has 0 unspecified atom stereocenters. The highest BCUT2D eigenvalue weighted by atomic mass is 16.1. The monoisotopic (exact) mass is 245 g/mol. The van der Waals surface area contributed by atoms with E-state index in [0.29, 0.717) is 12.3 Å². The summed E-state index contributed by atoms with van der Waals surface area (Å²) in [6.07, 6.45) is 5.71. The van der Waals surface area contributed by atoms with Gasteiger partial charge in [-0.05, 0) is 62.3 Å². The molecule has 2 heteroatoms. The first-order valence-corrected chi connectivity index (χ1v) is 6.94. The van der Waals surface area contributed by atoms with E-state index in [2.05, 4.69) is 38.2 Å². The van der Waals surface area contributed by atoms with E-state index in [1.807, 2.05) is 0 Å². The normalized spacial score (nSPS) is 15.9. The third-order valence-electron chi connectivity index (χ3n) is 4.03. The van der Waals surface area contributed by atoms with E-state index in [4.69, 9.17) is 0 Å². The van der Waals surface area contributed by atoms with Crippen molar-refractivity contribution in [2.75, 3.05) is 5.32 Å². The second kappa shape index (κ2) is 5.55. The van der Waals surface area contributed by atoms with Crippen molar-refractivity contribution in [2.45, 2.75) is 52.9 Å². The molecule has 1 amide bonds. The van der Waals surface area contributed by atoms with Gasteiger partial charge in [-0.15, -0.1) is 0 Å². The van der Waals surface area contributed by atoms with Crippen molar-refractivity contribution in [1.29, 1.82) is 0 Å². The first-order chi connectivity index (χ1) is 8.56. The lowest BCUT2D eigenvalue weighted by atomic mass is 10.0. The molecule has 2 rings (SSSR count). The van der Waals surface area contributed by atoms with Crippen molar-refractivity contribution in [3.63, 3.8) is 0 Å². The highest BCUT2D eigenvalue weighted by Gasteiger charge is 2.18. The van der Waals surface area contributed by atoms with Gasteiger partial charge in [0.05, 0.1) is 0 Å². The van der Waals surface area contributed by atoms with Crippen molar-refractivity contribution >= 4 is 11.6 Å². The summed E-state index contributed by atoms with van der Waals surface area (Å²) < 4.78 is 0. The molecule has 0 aliphatic heterocycles. The molecular formula is C16H23NO. The van der Waals surface area contributed by atoms with E-state index in [0.717, 1.165) is 5.69 Å². The highest BCUT2D eigenvalue weighted by Crippen LogP contribution is 2.28. The molecular weight excluding hydrogens is 222 g/mol. The molecule has 0 atom stereocenters. The zero-order chi connectivity index (χ0) is 13.1. The second-order valence-electron chi connectivity index (χ2n) is 5.66. The van der Waals surface area contributed by atoms with Crippen LogP contribution in [0.25, 0.3) is 0 Å². The van der Waals surface area contributed by atoms with E-state index in [1.54, 1.807) is 0 Å². The molecule has 0 spiro atoms. The summed E-state index contributed by atoms with van der Waals surface area (Å²) in [6, 6.07) is 4.22. The molecule has 1 aromatic rings. The minimum atomic E-state index is 0.176. The van der Waals surface area contributed by atoms with Gasteiger partial charge in [-0.1, -0.05) is 18.9 Å². The lowest BCUT2D eigenvalue weighted by molar-refractivity contribution is -0.117. The smallest absolute Gasteiger partial charge is 0.224 e. The van der Waals surface area contributed by atoms with Gasteiger partial charge in [-0.2, -0.15) is 0 Å². The van der Waals surface area contributed by atoms with Crippen LogP contribution in [-0.2, 0) is 4.79 Å². The Morgan fingerprint density at radius 1 is 1.22 bits per heavy atom. The molecule has 0 radical (unpaired) electrons. The topological polar surface area (TPSA) is 29.1 Å². The van der Waals surface area contributed by atoms with Crippen LogP contribution in [0.4, 0.5) is 5.69 Å². The predicted octanol–water partition coefficient (Wildman–Crippen LogP) is 4.13. The van der Waals surface area contributed by atoms with E-state index in [-0.39, 0.29) is 5.91 Å². The average molecular weight is 245 g/mol. The van der Waals surface area contributed by atoms with Crippen LogP contribution in [0, 0.1) is 26.7 Å². The van der Waals surface area contributed by atoms with Crippen molar-refractivity contribution < 1.29 is 4.79 Å². The van der Waals surface area contributed by atoms with E-state index in [9.17, 15) is 4.79 Å². The van der Waals surface area contributed by atoms with Crippen LogP contribution < -0.4 is 5.32 Å². The summed E-state index contributed by atoms with van der Waals surface area (Å²) in [6.45, 7) is 6.23. The Morgan fingerprint density at radius 3 is 2.56 bits per heavy atom. The van der Waals surface area contributed by atoms with Gasteiger partial charge in [0.15, 0.2) is 0 Å². The van der Waals surface area contributed by atoms with Crippen LogP contribution in [0.1, 0.15) is 48.8 Å². The van der Waals surface area contributed by atoms with E-state index in [1.165, 1.54) is 42.4 Å². The molecule has 1 fully saturated rings. The minimum Gasteiger partial charge on any atom is -0.326 e. The molecule has 1 aliphatic carbocycles. The SMILES string of the molecule is Cc1cc(C)c(C)c(NC(=O)CC2CCCC2)c1. The molecule has 1 aromatic carbocycles. The van der Waals surface area contributed by atoms with Gasteiger partial charge in [-0.3, -0.25) is 4.79 Å². The highest BCUT2D eigenvalue weighted by molar-refractivity contribution is 5.92. The summed E-state index contributed by atoms with van der Waals surface area (Å²) in [5, 5.41) is 3.08. The number of amides is 1. The average Bonchev–Trinajstić information content (AvgIpc) is 2.77. The fraction of sp³-hybridized carbons (Fsp3) is 0.562. The Bertz CT molecular complexity index is 445. The summed E-state index contributed by atoms with van der Waals surface area (Å²) in [4.78, 5) is 12.0. The number of rotatable bonds is 3. The van der Waals surface area contributed by atoms with Crippen molar-refractivity contribution in [1.82, 2.24) is 0 Å². The summed E-state index contributed by atoms with van der Waals surface area (Å²) >= 11 is 0. The van der Waals surface area contributed by atoms with Gasteiger partial charge >= 0.3 is 0 Å². The minimum absolute atomic E-state index is 0.176. The predicted molar refractivity (Wildman–Crippen MR) is 75.9 cm³/mol. The molecule has 2 nitrogen and oxygen atoms in total. The third kappa shape index (κ3) is 3.12. The van der Waals surface area contributed by atoms with Crippen LogP contribution >= 0.6 is 0 Å². The fourth-order valence-electron chi connectivity index (χ4n) is 2.85. The Hall–Kier alpha value is -1.31. The molecule has 0 saturated heterocycles. The zero-order valence-corrected chi connectivity index (χ0v) is 11.7. The number of hydrogen-bond donors (Lipinski definition) is 1. The van der Waals surface area contributed by atoms with Crippen LogP contribution in [-0.4, -0.2) is 5.91 Å². The summed E-state index contributed by atoms with van der Waals surface area (Å²) in [7, 11) is 0. The van der Waals surface area contributed by atoms with Gasteiger partial charge in [-0.25, -0.2) is 0 Å². The number of carbonyl (C=O) groups excluding carboxylic acids is 1. The number of carbonyl (C=O) groups is 1. The molecule has 1 N–H and O–H groups in total. The van der Waals surface area contributed by atoms with Crippen molar-refractivity contribution in [3.8, 4) is 0 Å². The van der Waals surface area contributed by atoms with E-state index < -0.39 is 0 Å². The van der Waals surface area contributed by atoms with Gasteiger partial charge < -0.3 is 5.32 Å². The molecule has 0 aromatic heterocycles. The maximum Gasteiger partial charge on any atom is 0.224 e. The van der Waals surface area contributed by atoms with Crippen LogP contribution in [0.15, 0.2) is 12.1 Å². The molecule has 0 bridgehead atoms. The maximum atomic E-state index is 12.0. The first-order valence-electron chi connectivity index (χ1n) is 6.94. The number of benzene rings is 1. The molecule has 1 saturated carbocycles. The van der Waals surface area contributed by atoms with Crippen LogP contribution in [0.3, 0.4) is 0 Å². The van der Waals surface area contributed by atoms with Crippen molar-refractivity contribution in [2.24, 2.45) is 5.92 Å². The maximum absolute atomic E-state index is 12.0. The lowest BCUT2D eigenvalue weighted by Gasteiger charge is -2.14. The Morgan fingerprint density at radius 2 is 1.89 bits per heavy atom. The second-order valence-corrected chi connectivity index (χ2v) is 5.66. The van der Waals surface area contributed by atoms with Gasteiger partial charge in [0, 0.05) is 12.1 Å². The number of nitrogens with one attached hydrogen (secondary N) is 1. The first kappa shape index (κ1) is 13.1. The van der Waals surface area contributed by atoms with Gasteiger partial charge in [0.25, 0.3) is 0 Å². The molecule has 18 heavy (non-hydrogen) atoms. The largest absolute Gasteiger partial charge is 0.326 e. The third-order valence-corrected chi connectivity index (χ3v) is 4.03. The quantitative estimate of drug-likeness (QED) is 0.852. The number of hydrogen-bond acceptors (Lipinski definition) is 1.